The van der Waals surface area contributed by atoms with E-state index in [0.29, 0.717) is 47.9 Å². The summed E-state index contributed by atoms with van der Waals surface area (Å²) < 4.78 is 5.07. The van der Waals surface area contributed by atoms with Crippen LogP contribution in [-0.2, 0) is 19.1 Å². The van der Waals surface area contributed by atoms with Gasteiger partial charge >= 0.3 is 5.97 Å². The first kappa shape index (κ1) is 27.8. The van der Waals surface area contributed by atoms with E-state index in [0.717, 1.165) is 44.9 Å². The quantitative estimate of drug-likeness (QED) is 0.213. The molecule has 0 aromatic rings. The second-order valence-corrected chi connectivity index (χ2v) is 14.8. The van der Waals surface area contributed by atoms with Crippen molar-refractivity contribution >= 4 is 17.5 Å². The van der Waals surface area contributed by atoms with Crippen LogP contribution in [0.5, 0.6) is 0 Å². The Balaban J connectivity index is 1.48. The topological polar surface area (TPSA) is 60.4 Å². The zero-order valence-corrected chi connectivity index (χ0v) is 24.7. The lowest BCUT2D eigenvalue weighted by molar-refractivity contribution is -0.198. The van der Waals surface area contributed by atoms with E-state index in [2.05, 4.69) is 41.2 Å². The predicted molar refractivity (Wildman–Crippen MR) is 150 cm³/mol. The highest BCUT2D eigenvalue weighted by atomic mass is 16.5. The highest BCUT2D eigenvalue weighted by Gasteiger charge is 2.68. The molecule has 38 heavy (non-hydrogen) atoms. The van der Waals surface area contributed by atoms with Gasteiger partial charge in [0, 0.05) is 23.3 Å². The maximum absolute atomic E-state index is 13.9. The molecule has 0 aromatic heterocycles. The Bertz CT molecular complexity index is 1050. The summed E-state index contributed by atoms with van der Waals surface area (Å²) in [7, 11) is 0. The predicted octanol–water partition coefficient (Wildman–Crippen LogP) is 7.51. The highest BCUT2D eigenvalue weighted by molar-refractivity contribution is 5.99. The van der Waals surface area contributed by atoms with Crippen LogP contribution in [0.25, 0.3) is 0 Å². The SMILES string of the molecule is C=C(C)[C@@H]1CC[C@]2(C(=O)C=CC(=O)OCC)CCC3C(CCC4[C@@]3(C)CCC3C(C)(C)C(=O)CC[C@@]34C)C12. The molecule has 0 N–H and O–H groups in total. The van der Waals surface area contributed by atoms with Crippen molar-refractivity contribution in [2.75, 3.05) is 6.61 Å². The van der Waals surface area contributed by atoms with Crippen LogP contribution in [0, 0.1) is 57.2 Å². The van der Waals surface area contributed by atoms with Gasteiger partial charge in [-0.1, -0.05) is 39.8 Å². The molecule has 5 fully saturated rings. The molecule has 4 heteroatoms. The van der Waals surface area contributed by atoms with Gasteiger partial charge in [0.05, 0.1) is 6.61 Å². The van der Waals surface area contributed by atoms with Crippen molar-refractivity contribution in [1.29, 1.82) is 0 Å². The second-order valence-electron chi connectivity index (χ2n) is 14.8. The smallest absolute Gasteiger partial charge is 0.330 e. The van der Waals surface area contributed by atoms with Crippen molar-refractivity contribution in [2.24, 2.45) is 57.2 Å². The number of Topliss-reactive ketones (excluding diaryl/α,β-unsaturated/α-hetero) is 1. The van der Waals surface area contributed by atoms with E-state index in [1.165, 1.54) is 37.0 Å². The maximum atomic E-state index is 13.9. The van der Waals surface area contributed by atoms with Gasteiger partial charge in [0.2, 0.25) is 0 Å². The van der Waals surface area contributed by atoms with E-state index >= 15 is 0 Å². The average molecular weight is 523 g/mol. The largest absolute Gasteiger partial charge is 0.463 e. The molecule has 0 saturated heterocycles. The zero-order chi connectivity index (χ0) is 27.7. The molecule has 5 aliphatic rings. The van der Waals surface area contributed by atoms with Gasteiger partial charge in [-0.2, -0.15) is 0 Å². The van der Waals surface area contributed by atoms with E-state index in [1.807, 2.05) is 0 Å². The van der Waals surface area contributed by atoms with Crippen molar-refractivity contribution in [3.63, 3.8) is 0 Å². The van der Waals surface area contributed by atoms with Crippen LogP contribution < -0.4 is 0 Å². The fraction of sp³-hybridized carbons (Fsp3) is 0.794. The van der Waals surface area contributed by atoms with Crippen molar-refractivity contribution in [3.05, 3.63) is 24.3 Å². The normalized spacial score (nSPS) is 45.5. The molecule has 0 aromatic carbocycles. The summed E-state index contributed by atoms with van der Waals surface area (Å²) in [5, 5.41) is 0. The third-order valence-electron chi connectivity index (χ3n) is 13.1. The molecule has 4 nitrogen and oxygen atoms in total. The number of carbonyl (C=O) groups is 3. The molecule has 0 heterocycles. The summed E-state index contributed by atoms with van der Waals surface area (Å²) in [5.74, 6) is 3.09. The molecule has 5 unspecified atom stereocenters. The van der Waals surface area contributed by atoms with E-state index in [9.17, 15) is 14.4 Å². The lowest BCUT2D eigenvalue weighted by Gasteiger charge is -2.68. The van der Waals surface area contributed by atoms with Crippen LogP contribution in [0.1, 0.15) is 106 Å². The molecule has 9 atom stereocenters. The minimum atomic E-state index is -0.427. The summed E-state index contributed by atoms with van der Waals surface area (Å²) in [6.07, 6.45) is 13.3. The van der Waals surface area contributed by atoms with Gasteiger partial charge in [0.25, 0.3) is 0 Å². The first-order valence-corrected chi connectivity index (χ1v) is 15.4. The first-order chi connectivity index (χ1) is 17.8. The monoisotopic (exact) mass is 522 g/mol. The Kier molecular flexibility index (Phi) is 6.92. The third kappa shape index (κ3) is 3.85. The number of carbonyl (C=O) groups excluding carboxylic acids is 3. The van der Waals surface area contributed by atoms with Crippen LogP contribution in [0.3, 0.4) is 0 Å². The van der Waals surface area contributed by atoms with Gasteiger partial charge in [0.1, 0.15) is 5.78 Å². The fourth-order valence-corrected chi connectivity index (χ4v) is 11.5. The van der Waals surface area contributed by atoms with Crippen LogP contribution >= 0.6 is 0 Å². The summed E-state index contributed by atoms with van der Waals surface area (Å²) >= 11 is 0. The van der Waals surface area contributed by atoms with Crippen molar-refractivity contribution in [3.8, 4) is 0 Å². The molecule has 5 aliphatic carbocycles. The number of allylic oxidation sites excluding steroid dienone is 2. The van der Waals surface area contributed by atoms with Crippen LogP contribution in [0.2, 0.25) is 0 Å². The third-order valence-corrected chi connectivity index (χ3v) is 13.1. The number of rotatable bonds is 5. The average Bonchev–Trinajstić information content (AvgIpc) is 3.27. The first-order valence-electron chi connectivity index (χ1n) is 15.4. The molecular weight excluding hydrogens is 472 g/mol. The Morgan fingerprint density at radius 1 is 0.921 bits per heavy atom. The molecule has 0 bridgehead atoms. The number of hydrogen-bond acceptors (Lipinski definition) is 4. The van der Waals surface area contributed by atoms with Crippen LogP contribution in [0.4, 0.5) is 0 Å². The number of esters is 1. The van der Waals surface area contributed by atoms with Gasteiger partial charge in [0.15, 0.2) is 5.78 Å². The molecule has 5 rings (SSSR count). The summed E-state index contributed by atoms with van der Waals surface area (Å²) in [6.45, 7) is 18.2. The minimum Gasteiger partial charge on any atom is -0.463 e. The van der Waals surface area contributed by atoms with Gasteiger partial charge in [-0.25, -0.2) is 4.79 Å². The Morgan fingerprint density at radius 2 is 1.63 bits per heavy atom. The van der Waals surface area contributed by atoms with E-state index in [-0.39, 0.29) is 27.4 Å². The number of fused-ring (bicyclic) bond motifs is 7. The molecule has 0 amide bonds. The van der Waals surface area contributed by atoms with E-state index < -0.39 is 5.97 Å². The van der Waals surface area contributed by atoms with E-state index in [1.54, 1.807) is 6.92 Å². The molecule has 0 spiro atoms. The summed E-state index contributed by atoms with van der Waals surface area (Å²) in [5.41, 5.74) is 1.09. The van der Waals surface area contributed by atoms with Gasteiger partial charge in [-0.05, 0) is 124 Å². The number of ether oxygens (including phenoxy) is 1. The van der Waals surface area contributed by atoms with Gasteiger partial charge in [-0.15, -0.1) is 0 Å². The zero-order valence-electron chi connectivity index (χ0n) is 24.7. The summed E-state index contributed by atoms with van der Waals surface area (Å²) in [6, 6.07) is 0. The number of ketones is 2. The molecule has 210 valence electrons. The number of hydrogen-bond donors (Lipinski definition) is 0. The van der Waals surface area contributed by atoms with E-state index in [4.69, 9.17) is 4.74 Å². The second kappa shape index (κ2) is 9.44. The Labute approximate surface area is 230 Å². The van der Waals surface area contributed by atoms with Crippen LogP contribution in [0.15, 0.2) is 24.3 Å². The van der Waals surface area contributed by atoms with Gasteiger partial charge < -0.3 is 4.74 Å². The Hall–Kier alpha value is -1.71. The van der Waals surface area contributed by atoms with Crippen molar-refractivity contribution in [1.82, 2.24) is 0 Å². The molecule has 0 aliphatic heterocycles. The molecule has 5 saturated carbocycles. The summed E-state index contributed by atoms with van der Waals surface area (Å²) in [4.78, 5) is 38.9. The standard InChI is InChI=1S/C34H50O4/c1-8-38-29(37)12-11-28(36)34-19-13-22(21(2)3)30(34)23-9-10-26-32(6,24(23)14-20-34)17-15-25-31(4,5)27(35)16-18-33(25,26)7/h11-12,22-26,30H,2,8-10,13-20H2,1,3-7H3/t22-,23?,24?,25?,26?,30?,32-,33-,34+/m0/s1. The lowest BCUT2D eigenvalue weighted by Crippen LogP contribution is -2.63. The fourth-order valence-electron chi connectivity index (χ4n) is 11.5. The van der Waals surface area contributed by atoms with Crippen molar-refractivity contribution < 1.29 is 19.1 Å². The van der Waals surface area contributed by atoms with Gasteiger partial charge in [-0.3, -0.25) is 9.59 Å². The lowest BCUT2D eigenvalue weighted by atomic mass is 9.36. The van der Waals surface area contributed by atoms with Crippen LogP contribution in [-0.4, -0.2) is 24.1 Å². The van der Waals surface area contributed by atoms with Crippen molar-refractivity contribution in [2.45, 2.75) is 106 Å². The maximum Gasteiger partial charge on any atom is 0.330 e. The molecule has 0 radical (unpaired) electrons. The highest BCUT2D eigenvalue weighted by Crippen LogP contribution is 2.73. The Morgan fingerprint density at radius 3 is 2.32 bits per heavy atom. The minimum absolute atomic E-state index is 0.133. The molecular formula is C34H50O4.